The van der Waals surface area contributed by atoms with Crippen LogP contribution in [0, 0.1) is 5.92 Å². The van der Waals surface area contributed by atoms with E-state index in [1.807, 2.05) is 18.2 Å². The van der Waals surface area contributed by atoms with Gasteiger partial charge in [-0.15, -0.1) is 0 Å². The Labute approximate surface area is 195 Å². The molecule has 2 amide bonds. The highest BCUT2D eigenvalue weighted by Crippen LogP contribution is 2.42. The molecule has 1 heterocycles. The molecule has 2 aromatic carbocycles. The van der Waals surface area contributed by atoms with Gasteiger partial charge in [-0.05, 0) is 54.7 Å². The van der Waals surface area contributed by atoms with Crippen LogP contribution in [0.25, 0.3) is 6.08 Å². The molecular weight excluding hydrogens is 449 g/mol. The molecule has 4 nitrogen and oxygen atoms in total. The first-order valence-electron chi connectivity index (χ1n) is 11.0. The molecule has 0 saturated heterocycles. The van der Waals surface area contributed by atoms with Crippen LogP contribution >= 0.6 is 11.8 Å². The van der Waals surface area contributed by atoms with Crippen LogP contribution in [0.2, 0.25) is 0 Å². The Kier molecular flexibility index (Phi) is 6.83. The molecule has 1 N–H and O–H groups in total. The summed E-state index contributed by atoms with van der Waals surface area (Å²) in [6, 6.07) is 12.1. The molecule has 1 saturated carbocycles. The van der Waals surface area contributed by atoms with Crippen LogP contribution < -0.4 is 10.2 Å². The van der Waals surface area contributed by atoms with Crippen molar-refractivity contribution in [1.82, 2.24) is 5.32 Å². The van der Waals surface area contributed by atoms with Crippen molar-refractivity contribution in [2.24, 2.45) is 5.92 Å². The molecule has 0 spiro atoms. The summed E-state index contributed by atoms with van der Waals surface area (Å²) in [7, 11) is 0. The smallest absolute Gasteiger partial charge is 0.352 e. The predicted molar refractivity (Wildman–Crippen MR) is 124 cm³/mol. The van der Waals surface area contributed by atoms with Crippen LogP contribution in [-0.4, -0.2) is 24.4 Å². The summed E-state index contributed by atoms with van der Waals surface area (Å²) in [4.78, 5) is 28.7. The molecular formula is C25H25F3N2O2S. The third kappa shape index (κ3) is 5.43. The van der Waals surface area contributed by atoms with Gasteiger partial charge in [-0.1, -0.05) is 55.8 Å². The van der Waals surface area contributed by atoms with E-state index in [2.05, 4.69) is 12.2 Å². The van der Waals surface area contributed by atoms with Gasteiger partial charge in [0.15, 0.2) is 0 Å². The largest absolute Gasteiger partial charge is 0.416 e. The van der Waals surface area contributed by atoms with E-state index in [1.54, 1.807) is 12.1 Å². The number of anilines is 1. The molecule has 0 bridgehead atoms. The molecule has 1 aliphatic carbocycles. The van der Waals surface area contributed by atoms with Crippen LogP contribution in [0.5, 0.6) is 0 Å². The number of nitrogens with one attached hydrogen (secondary N) is 1. The van der Waals surface area contributed by atoms with Crippen molar-refractivity contribution in [3.63, 3.8) is 0 Å². The maximum atomic E-state index is 13.3. The second-order valence-electron chi connectivity index (χ2n) is 8.53. The van der Waals surface area contributed by atoms with E-state index in [9.17, 15) is 22.8 Å². The lowest BCUT2D eigenvalue weighted by molar-refractivity contribution is -0.137. The van der Waals surface area contributed by atoms with Gasteiger partial charge in [-0.2, -0.15) is 13.2 Å². The summed E-state index contributed by atoms with van der Waals surface area (Å²) in [5.74, 6) is -0.152. The number of benzene rings is 2. The minimum Gasteiger partial charge on any atom is -0.352 e. The Morgan fingerprint density at radius 2 is 1.82 bits per heavy atom. The van der Waals surface area contributed by atoms with Crippen molar-refractivity contribution in [3.05, 3.63) is 64.6 Å². The summed E-state index contributed by atoms with van der Waals surface area (Å²) in [5, 5.41) is 3.09. The number of carbonyl (C=O) groups is 2. The van der Waals surface area contributed by atoms with Gasteiger partial charge >= 0.3 is 6.18 Å². The third-order valence-corrected chi connectivity index (χ3v) is 7.20. The first kappa shape index (κ1) is 23.4. The third-order valence-electron chi connectivity index (χ3n) is 6.13. The minimum atomic E-state index is -4.42. The van der Waals surface area contributed by atoms with Crippen LogP contribution in [0.1, 0.15) is 43.7 Å². The summed E-state index contributed by atoms with van der Waals surface area (Å²) < 4.78 is 38.6. The second-order valence-corrected chi connectivity index (χ2v) is 9.61. The quantitative estimate of drug-likeness (QED) is 0.563. The molecule has 8 heteroatoms. The number of carbonyl (C=O) groups excluding carboxylic acids is 2. The topological polar surface area (TPSA) is 49.4 Å². The molecule has 2 aliphatic rings. The second kappa shape index (κ2) is 9.63. The lowest BCUT2D eigenvalue weighted by atomic mass is 9.86. The average molecular weight is 475 g/mol. The predicted octanol–water partition coefficient (Wildman–Crippen LogP) is 5.88. The molecule has 174 valence electrons. The van der Waals surface area contributed by atoms with Crippen LogP contribution in [0.3, 0.4) is 0 Å². The summed E-state index contributed by atoms with van der Waals surface area (Å²) >= 11 is 1.25. The van der Waals surface area contributed by atoms with Gasteiger partial charge in [0.2, 0.25) is 5.91 Å². The number of amides is 2. The number of para-hydroxylation sites is 1. The standard InChI is InChI=1S/C25H25F3N2O2S/c1-16-6-2-3-7-19(16)29-23(31)15-30-20-8-4-5-9-21(20)33-22(24(30)32)14-17-10-12-18(13-11-17)25(26,27)28/h4-5,8-14,16,19H,2-3,6-7,15H2,1H3,(H,29,31)/b22-14+/t16-,19+/m1/s1. The zero-order valence-electron chi connectivity index (χ0n) is 18.2. The highest BCUT2D eigenvalue weighted by Gasteiger charge is 2.32. The van der Waals surface area contributed by atoms with Crippen molar-refractivity contribution < 1.29 is 22.8 Å². The Hall–Kier alpha value is -2.74. The fraction of sp³-hybridized carbons (Fsp3) is 0.360. The summed E-state index contributed by atoms with van der Waals surface area (Å²) in [6.45, 7) is 2.02. The van der Waals surface area contributed by atoms with Crippen LogP contribution in [0.15, 0.2) is 58.3 Å². The SMILES string of the molecule is C[C@@H]1CCCC[C@@H]1NC(=O)CN1C(=O)/C(=C\c2ccc(C(F)(F)F)cc2)Sc2ccccc21. The molecule has 0 aromatic heterocycles. The Morgan fingerprint density at radius 1 is 1.12 bits per heavy atom. The minimum absolute atomic E-state index is 0.107. The Morgan fingerprint density at radius 3 is 2.52 bits per heavy atom. The number of halogens is 3. The van der Waals surface area contributed by atoms with Crippen molar-refractivity contribution >= 4 is 35.3 Å². The first-order valence-corrected chi connectivity index (χ1v) is 11.8. The number of nitrogens with zero attached hydrogens (tertiary/aromatic N) is 1. The van der Waals surface area contributed by atoms with Crippen LogP contribution in [0.4, 0.5) is 18.9 Å². The molecule has 2 atom stereocenters. The number of thioether (sulfide) groups is 1. The van der Waals surface area contributed by atoms with E-state index in [0.717, 1.165) is 36.3 Å². The normalized spacial score (nSPS) is 22.2. The fourth-order valence-electron chi connectivity index (χ4n) is 4.27. The molecule has 1 aliphatic heterocycles. The zero-order valence-corrected chi connectivity index (χ0v) is 19.0. The van der Waals surface area contributed by atoms with Gasteiger partial charge in [0.1, 0.15) is 6.54 Å². The van der Waals surface area contributed by atoms with E-state index in [4.69, 9.17) is 0 Å². The maximum Gasteiger partial charge on any atom is 0.416 e. The molecule has 2 aromatic rings. The summed E-state index contributed by atoms with van der Waals surface area (Å²) in [6.07, 6.45) is 1.41. The van der Waals surface area contributed by atoms with Gasteiger partial charge in [-0.25, -0.2) is 0 Å². The fourth-order valence-corrected chi connectivity index (χ4v) is 5.32. The average Bonchev–Trinajstić information content (AvgIpc) is 2.78. The zero-order chi connectivity index (χ0) is 23.6. The van der Waals surface area contributed by atoms with Crippen molar-refractivity contribution in [3.8, 4) is 0 Å². The van der Waals surface area contributed by atoms with Crippen molar-refractivity contribution in [2.45, 2.75) is 49.7 Å². The number of alkyl halides is 3. The Bertz CT molecular complexity index is 1070. The monoisotopic (exact) mass is 474 g/mol. The lowest BCUT2D eigenvalue weighted by Crippen LogP contribution is -2.48. The number of hydrogen-bond donors (Lipinski definition) is 1. The molecule has 0 unspecified atom stereocenters. The summed E-state index contributed by atoms with van der Waals surface area (Å²) in [5.41, 5.74) is 0.399. The first-order chi connectivity index (χ1) is 15.7. The Balaban J connectivity index is 1.56. The molecule has 4 rings (SSSR count). The molecule has 1 fully saturated rings. The number of rotatable bonds is 4. The van der Waals surface area contributed by atoms with Crippen LogP contribution in [-0.2, 0) is 15.8 Å². The van der Waals surface area contributed by atoms with Gasteiger partial charge in [-0.3, -0.25) is 14.5 Å². The van der Waals surface area contributed by atoms with E-state index in [1.165, 1.54) is 35.2 Å². The number of hydrogen-bond acceptors (Lipinski definition) is 3. The molecule has 0 radical (unpaired) electrons. The van der Waals surface area contributed by atoms with Gasteiger partial charge in [0.05, 0.1) is 16.2 Å². The molecule has 33 heavy (non-hydrogen) atoms. The number of fused-ring (bicyclic) bond motifs is 1. The highest BCUT2D eigenvalue weighted by molar-refractivity contribution is 8.04. The van der Waals surface area contributed by atoms with E-state index < -0.39 is 11.7 Å². The van der Waals surface area contributed by atoms with E-state index in [-0.39, 0.29) is 24.4 Å². The van der Waals surface area contributed by atoms with E-state index in [0.29, 0.717) is 22.1 Å². The van der Waals surface area contributed by atoms with Gasteiger partial charge < -0.3 is 5.32 Å². The van der Waals surface area contributed by atoms with Gasteiger partial charge in [0, 0.05) is 10.9 Å². The maximum absolute atomic E-state index is 13.3. The highest BCUT2D eigenvalue weighted by atomic mass is 32.2. The lowest BCUT2D eigenvalue weighted by Gasteiger charge is -2.32. The van der Waals surface area contributed by atoms with E-state index >= 15 is 0 Å². The van der Waals surface area contributed by atoms with Crippen molar-refractivity contribution in [2.75, 3.05) is 11.4 Å². The van der Waals surface area contributed by atoms with Gasteiger partial charge in [0.25, 0.3) is 5.91 Å². The van der Waals surface area contributed by atoms with Crippen molar-refractivity contribution in [1.29, 1.82) is 0 Å².